The van der Waals surface area contributed by atoms with Crippen molar-refractivity contribution < 1.29 is 4.79 Å². The molecule has 3 aromatic rings. The standard InChI is InChI=1S/C15H17N7O/c1-15(9-21(10-15)8-11-6-17-18-7-11)14(23)20-12-2-3-19-22-5-4-16-13(12)22/h2-7H,8-10H2,1H3,(H,17,18)(H,20,23). The second-order valence-electron chi connectivity index (χ2n) is 6.21. The molecule has 1 aliphatic heterocycles. The Kier molecular flexibility index (Phi) is 3.12. The molecule has 0 bridgehead atoms. The van der Waals surface area contributed by atoms with Crippen LogP contribution in [0.4, 0.5) is 5.69 Å². The summed E-state index contributed by atoms with van der Waals surface area (Å²) in [4.78, 5) is 19.1. The van der Waals surface area contributed by atoms with Gasteiger partial charge in [-0.3, -0.25) is 14.8 Å². The third-order valence-corrected chi connectivity index (χ3v) is 4.20. The number of aromatic nitrogens is 5. The average Bonchev–Trinajstić information content (AvgIpc) is 3.16. The molecule has 23 heavy (non-hydrogen) atoms. The van der Waals surface area contributed by atoms with E-state index in [4.69, 9.17) is 0 Å². The Hall–Kier alpha value is -2.74. The molecule has 0 saturated carbocycles. The summed E-state index contributed by atoms with van der Waals surface area (Å²) in [6.45, 7) is 4.23. The first kappa shape index (κ1) is 13.9. The van der Waals surface area contributed by atoms with E-state index in [1.165, 1.54) is 0 Å². The van der Waals surface area contributed by atoms with E-state index in [0.29, 0.717) is 11.3 Å². The number of nitrogens with one attached hydrogen (secondary N) is 2. The molecule has 3 aromatic heterocycles. The van der Waals surface area contributed by atoms with Crippen LogP contribution in [0.3, 0.4) is 0 Å². The van der Waals surface area contributed by atoms with E-state index in [2.05, 4.69) is 30.5 Å². The number of H-pyrrole nitrogens is 1. The Morgan fingerprint density at radius 2 is 2.30 bits per heavy atom. The number of amides is 1. The van der Waals surface area contributed by atoms with Crippen molar-refractivity contribution >= 4 is 17.2 Å². The zero-order chi connectivity index (χ0) is 15.9. The van der Waals surface area contributed by atoms with E-state index in [1.54, 1.807) is 29.2 Å². The molecule has 4 heterocycles. The lowest BCUT2D eigenvalue weighted by Gasteiger charge is -2.46. The molecule has 8 heteroatoms. The van der Waals surface area contributed by atoms with E-state index in [0.717, 1.165) is 25.2 Å². The molecular formula is C15H17N7O. The second-order valence-corrected chi connectivity index (χ2v) is 6.21. The van der Waals surface area contributed by atoms with Crippen LogP contribution in [-0.2, 0) is 11.3 Å². The highest BCUT2D eigenvalue weighted by Crippen LogP contribution is 2.32. The molecule has 1 aliphatic rings. The van der Waals surface area contributed by atoms with Gasteiger partial charge in [0.1, 0.15) is 0 Å². The van der Waals surface area contributed by atoms with Gasteiger partial charge in [-0.1, -0.05) is 0 Å². The molecule has 4 rings (SSSR count). The summed E-state index contributed by atoms with van der Waals surface area (Å²) in [5, 5.41) is 13.9. The molecule has 0 atom stereocenters. The first-order valence-corrected chi connectivity index (χ1v) is 7.44. The molecule has 1 fully saturated rings. The Balaban J connectivity index is 1.42. The number of aromatic amines is 1. The predicted octanol–water partition coefficient (Wildman–Crippen LogP) is 0.913. The first-order chi connectivity index (χ1) is 11.1. The van der Waals surface area contributed by atoms with E-state index in [-0.39, 0.29) is 5.91 Å². The summed E-state index contributed by atoms with van der Waals surface area (Å²) in [7, 11) is 0. The van der Waals surface area contributed by atoms with Crippen LogP contribution < -0.4 is 5.32 Å². The number of rotatable bonds is 4. The summed E-state index contributed by atoms with van der Waals surface area (Å²) in [6.07, 6.45) is 8.75. The fraction of sp³-hybridized carbons (Fsp3) is 0.333. The highest BCUT2D eigenvalue weighted by Gasteiger charge is 2.45. The van der Waals surface area contributed by atoms with Crippen LogP contribution in [0.1, 0.15) is 12.5 Å². The minimum Gasteiger partial charge on any atom is -0.322 e. The molecule has 0 spiro atoms. The third-order valence-electron chi connectivity index (χ3n) is 4.20. The van der Waals surface area contributed by atoms with Crippen molar-refractivity contribution in [1.29, 1.82) is 0 Å². The number of carbonyl (C=O) groups excluding carboxylic acids is 1. The maximum atomic E-state index is 12.6. The fourth-order valence-electron chi connectivity index (χ4n) is 3.03. The van der Waals surface area contributed by atoms with Gasteiger partial charge in [0.25, 0.3) is 0 Å². The number of anilines is 1. The maximum Gasteiger partial charge on any atom is 0.233 e. The van der Waals surface area contributed by atoms with Crippen molar-refractivity contribution in [2.75, 3.05) is 18.4 Å². The van der Waals surface area contributed by atoms with E-state index in [1.807, 2.05) is 19.3 Å². The molecule has 0 radical (unpaired) electrons. The highest BCUT2D eigenvalue weighted by molar-refractivity contribution is 5.98. The van der Waals surface area contributed by atoms with Crippen molar-refractivity contribution in [3.63, 3.8) is 0 Å². The molecule has 8 nitrogen and oxygen atoms in total. The SMILES string of the molecule is CC1(C(=O)Nc2ccnn3ccnc23)CN(Cc2cn[nH]c2)C1. The summed E-state index contributed by atoms with van der Waals surface area (Å²) in [6, 6.07) is 1.77. The smallest absolute Gasteiger partial charge is 0.233 e. The quantitative estimate of drug-likeness (QED) is 0.747. The third kappa shape index (κ3) is 2.46. The second kappa shape index (κ2) is 5.17. The monoisotopic (exact) mass is 311 g/mol. The highest BCUT2D eigenvalue weighted by atomic mass is 16.2. The van der Waals surface area contributed by atoms with Gasteiger partial charge in [0.15, 0.2) is 5.65 Å². The Morgan fingerprint density at radius 3 is 3.09 bits per heavy atom. The first-order valence-electron chi connectivity index (χ1n) is 7.44. The lowest BCUT2D eigenvalue weighted by Crippen LogP contribution is -2.59. The van der Waals surface area contributed by atoms with Crippen molar-refractivity contribution in [2.24, 2.45) is 5.41 Å². The fourth-order valence-corrected chi connectivity index (χ4v) is 3.03. The van der Waals surface area contributed by atoms with Crippen molar-refractivity contribution in [2.45, 2.75) is 13.5 Å². The van der Waals surface area contributed by atoms with Gasteiger partial charge in [0.05, 0.1) is 23.5 Å². The Morgan fingerprint density at radius 1 is 1.43 bits per heavy atom. The molecule has 1 amide bonds. The molecular weight excluding hydrogens is 294 g/mol. The molecule has 118 valence electrons. The van der Waals surface area contributed by atoms with Crippen molar-refractivity contribution in [3.05, 3.63) is 42.6 Å². The van der Waals surface area contributed by atoms with E-state index in [9.17, 15) is 4.79 Å². The minimum absolute atomic E-state index is 0.0112. The van der Waals surface area contributed by atoms with Gasteiger partial charge in [-0.25, -0.2) is 9.50 Å². The van der Waals surface area contributed by atoms with Crippen LogP contribution in [0.25, 0.3) is 5.65 Å². The average molecular weight is 311 g/mol. The summed E-state index contributed by atoms with van der Waals surface area (Å²) < 4.78 is 1.64. The van der Waals surface area contributed by atoms with E-state index >= 15 is 0 Å². The number of hydrogen-bond donors (Lipinski definition) is 2. The molecule has 1 saturated heterocycles. The van der Waals surface area contributed by atoms with Gasteiger partial charge in [-0.2, -0.15) is 10.2 Å². The topological polar surface area (TPSA) is 91.2 Å². The van der Waals surface area contributed by atoms with Gasteiger partial charge < -0.3 is 5.32 Å². The molecule has 0 unspecified atom stereocenters. The molecule has 0 aliphatic carbocycles. The van der Waals surface area contributed by atoms with Crippen molar-refractivity contribution in [1.82, 2.24) is 29.7 Å². The number of fused-ring (bicyclic) bond motifs is 1. The number of carbonyl (C=O) groups is 1. The number of likely N-dealkylation sites (tertiary alicyclic amines) is 1. The summed E-state index contributed by atoms with van der Waals surface area (Å²) in [5.74, 6) is 0.0112. The van der Waals surface area contributed by atoms with Gasteiger partial charge >= 0.3 is 0 Å². The van der Waals surface area contributed by atoms with Crippen LogP contribution in [0.5, 0.6) is 0 Å². The van der Waals surface area contributed by atoms with Crippen LogP contribution in [-0.4, -0.2) is 48.7 Å². The van der Waals surface area contributed by atoms with Gasteiger partial charge in [-0.05, 0) is 13.0 Å². The van der Waals surface area contributed by atoms with Crippen LogP contribution in [0, 0.1) is 5.41 Å². The molecule has 0 aromatic carbocycles. The Labute approximate surface area is 132 Å². The zero-order valence-electron chi connectivity index (χ0n) is 12.7. The summed E-state index contributed by atoms with van der Waals surface area (Å²) in [5.41, 5.74) is 2.07. The van der Waals surface area contributed by atoms with Crippen molar-refractivity contribution in [3.8, 4) is 0 Å². The molecule has 2 N–H and O–H groups in total. The zero-order valence-corrected chi connectivity index (χ0v) is 12.7. The number of hydrogen-bond acceptors (Lipinski definition) is 5. The van der Waals surface area contributed by atoms with Crippen LogP contribution in [0.15, 0.2) is 37.1 Å². The normalized spacial score (nSPS) is 17.1. The van der Waals surface area contributed by atoms with E-state index < -0.39 is 5.41 Å². The Bertz CT molecular complexity index is 833. The van der Waals surface area contributed by atoms with Crippen LogP contribution in [0.2, 0.25) is 0 Å². The van der Waals surface area contributed by atoms with Gasteiger partial charge in [0.2, 0.25) is 5.91 Å². The minimum atomic E-state index is -0.392. The summed E-state index contributed by atoms with van der Waals surface area (Å²) >= 11 is 0. The number of nitrogens with zero attached hydrogens (tertiary/aromatic N) is 5. The van der Waals surface area contributed by atoms with Gasteiger partial charge in [0, 0.05) is 43.8 Å². The lowest BCUT2D eigenvalue weighted by molar-refractivity contribution is -0.134. The number of imidazole rings is 1. The largest absolute Gasteiger partial charge is 0.322 e. The lowest BCUT2D eigenvalue weighted by atomic mass is 9.80. The maximum absolute atomic E-state index is 12.6. The van der Waals surface area contributed by atoms with Crippen LogP contribution >= 0.6 is 0 Å². The predicted molar refractivity (Wildman–Crippen MR) is 83.6 cm³/mol. The van der Waals surface area contributed by atoms with Gasteiger partial charge in [-0.15, -0.1) is 0 Å².